The van der Waals surface area contributed by atoms with E-state index in [4.69, 9.17) is 5.26 Å². The minimum Gasteiger partial charge on any atom is -0.326 e. The van der Waals surface area contributed by atoms with E-state index in [0.29, 0.717) is 25.2 Å². The topological polar surface area (TPSA) is 67.7 Å². The zero-order chi connectivity index (χ0) is 24.7. The molecule has 2 saturated heterocycles. The van der Waals surface area contributed by atoms with Crippen molar-refractivity contribution in [1.29, 1.82) is 5.26 Å². The first-order valence-corrected chi connectivity index (χ1v) is 13.0. The summed E-state index contributed by atoms with van der Waals surface area (Å²) >= 11 is 1.85. The first kappa shape index (κ1) is 23.5. The van der Waals surface area contributed by atoms with Crippen molar-refractivity contribution in [2.24, 2.45) is 0 Å². The Bertz CT molecular complexity index is 1320. The van der Waals surface area contributed by atoms with Gasteiger partial charge in [0.05, 0.1) is 11.6 Å². The summed E-state index contributed by atoms with van der Waals surface area (Å²) in [5.74, 6) is 0.000164. The second-order valence-electron chi connectivity index (χ2n) is 9.90. The Labute approximate surface area is 210 Å². The maximum absolute atomic E-state index is 13.8. The molecule has 0 aliphatic carbocycles. The van der Waals surface area contributed by atoms with Crippen LogP contribution in [-0.4, -0.2) is 57.7 Å². The fourth-order valence-corrected chi connectivity index (χ4v) is 6.49. The molecule has 1 aromatic heterocycles. The van der Waals surface area contributed by atoms with Crippen LogP contribution in [0, 0.1) is 11.3 Å². The molecule has 0 N–H and O–H groups in total. The highest BCUT2D eigenvalue weighted by molar-refractivity contribution is 7.19. The highest BCUT2D eigenvalue weighted by atomic mass is 32.1. The van der Waals surface area contributed by atoms with Crippen molar-refractivity contribution in [2.45, 2.75) is 51.9 Å². The second kappa shape index (κ2) is 9.10. The Balaban J connectivity index is 1.39. The molecule has 6 nitrogen and oxygen atoms in total. The van der Waals surface area contributed by atoms with Crippen molar-refractivity contribution in [1.82, 2.24) is 14.7 Å². The van der Waals surface area contributed by atoms with Gasteiger partial charge in [-0.1, -0.05) is 37.3 Å². The number of thiophene rings is 1. The van der Waals surface area contributed by atoms with Gasteiger partial charge < -0.3 is 9.80 Å². The fraction of sp³-hybridized carbons (Fsp3) is 0.393. The highest BCUT2D eigenvalue weighted by Gasteiger charge is 2.52. The Morgan fingerprint density at radius 3 is 2.51 bits per heavy atom. The van der Waals surface area contributed by atoms with E-state index >= 15 is 0 Å². The molecule has 2 aliphatic heterocycles. The number of amides is 2. The van der Waals surface area contributed by atoms with E-state index in [0.717, 1.165) is 25.1 Å². The van der Waals surface area contributed by atoms with Crippen LogP contribution in [-0.2, 0) is 29.1 Å². The number of benzene rings is 2. The molecule has 2 fully saturated rings. The van der Waals surface area contributed by atoms with Gasteiger partial charge in [-0.3, -0.25) is 14.5 Å². The molecule has 35 heavy (non-hydrogen) atoms. The van der Waals surface area contributed by atoms with Crippen LogP contribution in [0.25, 0.3) is 10.1 Å². The van der Waals surface area contributed by atoms with Crippen molar-refractivity contribution in [2.75, 3.05) is 19.6 Å². The summed E-state index contributed by atoms with van der Waals surface area (Å²) in [5, 5.41) is 10.4. The summed E-state index contributed by atoms with van der Waals surface area (Å²) in [7, 11) is 0. The second-order valence-corrected chi connectivity index (χ2v) is 11.0. The van der Waals surface area contributed by atoms with Crippen LogP contribution >= 0.6 is 11.3 Å². The van der Waals surface area contributed by atoms with E-state index in [-0.39, 0.29) is 11.8 Å². The summed E-state index contributed by atoms with van der Waals surface area (Å²) in [6, 6.07) is 17.4. The smallest absolute Gasteiger partial charge is 0.248 e. The SMILES string of the molecule is CCc1sc2ccccc2c1CN1CCN2C(=O)C(C)(C)N(Cc3ccc(C#N)cc3)C(=O)C2C1. The summed E-state index contributed by atoms with van der Waals surface area (Å²) in [5.41, 5.74) is 1.93. The van der Waals surface area contributed by atoms with Crippen molar-refractivity contribution >= 4 is 33.2 Å². The van der Waals surface area contributed by atoms with Gasteiger partial charge in [0, 0.05) is 42.3 Å². The molecular weight excluding hydrogens is 456 g/mol. The van der Waals surface area contributed by atoms with Crippen molar-refractivity contribution in [3.63, 3.8) is 0 Å². The van der Waals surface area contributed by atoms with Gasteiger partial charge in [-0.05, 0) is 55.0 Å². The predicted octanol–water partition coefficient (Wildman–Crippen LogP) is 4.17. The first-order valence-electron chi connectivity index (χ1n) is 12.2. The van der Waals surface area contributed by atoms with Gasteiger partial charge in [-0.15, -0.1) is 11.3 Å². The van der Waals surface area contributed by atoms with E-state index in [1.54, 1.807) is 21.9 Å². The lowest BCUT2D eigenvalue weighted by molar-refractivity contribution is -0.173. The molecule has 180 valence electrons. The van der Waals surface area contributed by atoms with Crippen LogP contribution in [0.5, 0.6) is 0 Å². The normalized spacial score (nSPS) is 20.2. The minimum absolute atomic E-state index is 0.00505. The number of aryl methyl sites for hydroxylation is 1. The molecule has 1 atom stereocenters. The minimum atomic E-state index is -0.914. The molecule has 0 radical (unpaired) electrons. The molecule has 0 spiro atoms. The summed E-state index contributed by atoms with van der Waals surface area (Å²) in [6.07, 6.45) is 0.988. The van der Waals surface area contributed by atoms with Crippen LogP contribution < -0.4 is 0 Å². The lowest BCUT2D eigenvalue weighted by atomic mass is 9.91. The molecule has 5 rings (SSSR count). The van der Waals surface area contributed by atoms with Gasteiger partial charge in [-0.2, -0.15) is 5.26 Å². The van der Waals surface area contributed by atoms with Gasteiger partial charge in [0.1, 0.15) is 11.6 Å². The molecule has 3 aromatic rings. The standard InChI is InChI=1S/C28H30N4O2S/c1-4-24-22(21-7-5-6-8-25(21)35-24)17-30-13-14-31-23(18-30)26(33)32(28(2,3)27(31)34)16-20-11-9-19(15-29)10-12-20/h5-12,23H,4,13-14,16-18H2,1-3H3. The van der Waals surface area contributed by atoms with Crippen LogP contribution in [0.2, 0.25) is 0 Å². The van der Waals surface area contributed by atoms with Crippen molar-refractivity contribution in [3.8, 4) is 6.07 Å². The number of hydrogen-bond donors (Lipinski definition) is 0. The molecule has 3 heterocycles. The van der Waals surface area contributed by atoms with Crippen molar-refractivity contribution in [3.05, 3.63) is 70.1 Å². The highest BCUT2D eigenvalue weighted by Crippen LogP contribution is 2.35. The number of fused-ring (bicyclic) bond motifs is 2. The quantitative estimate of drug-likeness (QED) is 0.543. The van der Waals surface area contributed by atoms with Crippen LogP contribution in [0.4, 0.5) is 0 Å². The van der Waals surface area contributed by atoms with Crippen LogP contribution in [0.15, 0.2) is 48.5 Å². The number of carbonyl (C=O) groups excluding carboxylic acids is 2. The summed E-state index contributed by atoms with van der Waals surface area (Å²) in [4.78, 5) is 34.5. The number of nitriles is 1. The Morgan fingerprint density at radius 2 is 1.80 bits per heavy atom. The molecule has 2 aliphatic rings. The van der Waals surface area contributed by atoms with Gasteiger partial charge in [0.15, 0.2) is 0 Å². The van der Waals surface area contributed by atoms with Gasteiger partial charge in [0.2, 0.25) is 11.8 Å². The third-order valence-corrected chi connectivity index (χ3v) is 8.74. The average molecular weight is 487 g/mol. The maximum atomic E-state index is 13.8. The number of piperazine rings is 2. The first-order chi connectivity index (χ1) is 16.8. The molecule has 2 aromatic carbocycles. The van der Waals surface area contributed by atoms with Crippen LogP contribution in [0.1, 0.15) is 42.3 Å². The zero-order valence-corrected chi connectivity index (χ0v) is 21.3. The molecular formula is C28H30N4O2S. The summed E-state index contributed by atoms with van der Waals surface area (Å²) < 4.78 is 1.30. The lowest BCUT2D eigenvalue weighted by Gasteiger charge is -2.52. The summed E-state index contributed by atoms with van der Waals surface area (Å²) in [6.45, 7) is 8.87. The molecule has 0 bridgehead atoms. The molecule has 1 unspecified atom stereocenters. The predicted molar refractivity (Wildman–Crippen MR) is 138 cm³/mol. The van der Waals surface area contributed by atoms with E-state index in [9.17, 15) is 9.59 Å². The fourth-order valence-electron chi connectivity index (χ4n) is 5.33. The van der Waals surface area contributed by atoms with E-state index < -0.39 is 11.6 Å². The third kappa shape index (κ3) is 4.11. The Hall–Kier alpha value is -3.21. The van der Waals surface area contributed by atoms with E-state index in [1.807, 2.05) is 37.3 Å². The maximum Gasteiger partial charge on any atom is 0.248 e. The zero-order valence-electron chi connectivity index (χ0n) is 20.5. The number of rotatable bonds is 5. The largest absolute Gasteiger partial charge is 0.326 e. The Morgan fingerprint density at radius 1 is 1.06 bits per heavy atom. The number of nitrogens with zero attached hydrogens (tertiary/aromatic N) is 4. The van der Waals surface area contributed by atoms with Gasteiger partial charge >= 0.3 is 0 Å². The van der Waals surface area contributed by atoms with Crippen molar-refractivity contribution < 1.29 is 9.59 Å². The van der Waals surface area contributed by atoms with Gasteiger partial charge in [-0.25, -0.2) is 0 Å². The van der Waals surface area contributed by atoms with E-state index in [2.05, 4.69) is 42.2 Å². The molecule has 2 amide bonds. The van der Waals surface area contributed by atoms with Gasteiger partial charge in [0.25, 0.3) is 0 Å². The van der Waals surface area contributed by atoms with E-state index in [1.165, 1.54) is 20.5 Å². The number of carbonyl (C=O) groups is 2. The average Bonchev–Trinajstić information content (AvgIpc) is 3.23. The lowest BCUT2D eigenvalue weighted by Crippen LogP contribution is -2.73. The molecule has 0 saturated carbocycles. The van der Waals surface area contributed by atoms with Crippen LogP contribution in [0.3, 0.4) is 0 Å². The molecule has 7 heteroatoms. The Kier molecular flexibility index (Phi) is 6.12. The third-order valence-electron chi connectivity index (χ3n) is 7.38. The number of hydrogen-bond acceptors (Lipinski definition) is 5. The monoisotopic (exact) mass is 486 g/mol.